The summed E-state index contributed by atoms with van der Waals surface area (Å²) < 4.78 is 1.84. The van der Waals surface area contributed by atoms with Crippen molar-refractivity contribution in [1.29, 1.82) is 0 Å². The highest BCUT2D eigenvalue weighted by Crippen LogP contribution is 2.23. The lowest BCUT2D eigenvalue weighted by Gasteiger charge is -2.27. The fraction of sp³-hybridized carbons (Fsp3) is 0.421. The zero-order valence-electron chi connectivity index (χ0n) is 14.1. The van der Waals surface area contributed by atoms with Crippen molar-refractivity contribution in [2.24, 2.45) is 5.92 Å². The van der Waals surface area contributed by atoms with Crippen LogP contribution in [-0.4, -0.2) is 45.6 Å². The van der Waals surface area contributed by atoms with Gasteiger partial charge >= 0.3 is 0 Å². The van der Waals surface area contributed by atoms with E-state index in [4.69, 9.17) is 0 Å². The van der Waals surface area contributed by atoms with Crippen LogP contribution in [0.25, 0.3) is 0 Å². The zero-order valence-corrected chi connectivity index (χ0v) is 14.1. The monoisotopic (exact) mass is 338 g/mol. The summed E-state index contributed by atoms with van der Waals surface area (Å²) in [7, 11) is 0. The minimum absolute atomic E-state index is 0.00992. The molecular formula is C19H22N4O2. The molecule has 2 saturated heterocycles. The van der Waals surface area contributed by atoms with Crippen molar-refractivity contribution < 1.29 is 9.59 Å². The van der Waals surface area contributed by atoms with Gasteiger partial charge in [0.05, 0.1) is 12.5 Å². The highest BCUT2D eigenvalue weighted by atomic mass is 16.2. The molecule has 1 N–H and O–H groups in total. The number of hydrogen-bond acceptors (Lipinski definition) is 3. The zero-order chi connectivity index (χ0) is 17.2. The fourth-order valence-corrected chi connectivity index (χ4v) is 3.78. The van der Waals surface area contributed by atoms with Crippen molar-refractivity contribution >= 4 is 11.8 Å². The molecule has 4 rings (SSSR count). The average molecular weight is 338 g/mol. The Morgan fingerprint density at radius 3 is 3.00 bits per heavy atom. The smallest absolute Gasteiger partial charge is 0.253 e. The van der Waals surface area contributed by atoms with Crippen LogP contribution in [0, 0.1) is 5.92 Å². The Bertz CT molecular complexity index is 771. The van der Waals surface area contributed by atoms with Crippen LogP contribution in [0.3, 0.4) is 0 Å². The highest BCUT2D eigenvalue weighted by Gasteiger charge is 2.34. The summed E-state index contributed by atoms with van der Waals surface area (Å²) >= 11 is 0. The van der Waals surface area contributed by atoms with Gasteiger partial charge in [0.25, 0.3) is 5.91 Å². The van der Waals surface area contributed by atoms with Crippen LogP contribution in [0.2, 0.25) is 0 Å². The van der Waals surface area contributed by atoms with Gasteiger partial charge in [0.2, 0.25) is 5.91 Å². The molecule has 0 spiro atoms. The van der Waals surface area contributed by atoms with Gasteiger partial charge in [-0.25, -0.2) is 0 Å². The van der Waals surface area contributed by atoms with Crippen molar-refractivity contribution in [3.63, 3.8) is 0 Å². The first-order valence-corrected chi connectivity index (χ1v) is 8.85. The number of rotatable bonds is 3. The molecule has 25 heavy (non-hydrogen) atoms. The summed E-state index contributed by atoms with van der Waals surface area (Å²) in [5, 5.41) is 7.28. The summed E-state index contributed by atoms with van der Waals surface area (Å²) in [5.74, 6) is 0.0321. The third-order valence-corrected chi connectivity index (χ3v) is 5.07. The molecule has 0 aliphatic carbocycles. The van der Waals surface area contributed by atoms with Gasteiger partial charge < -0.3 is 10.2 Å². The molecule has 2 aromatic rings. The summed E-state index contributed by atoms with van der Waals surface area (Å²) in [6.07, 6.45) is 6.52. The van der Waals surface area contributed by atoms with E-state index in [-0.39, 0.29) is 23.8 Å². The summed E-state index contributed by atoms with van der Waals surface area (Å²) in [6, 6.07) is 9.66. The van der Waals surface area contributed by atoms with Gasteiger partial charge in [-0.3, -0.25) is 14.3 Å². The highest BCUT2D eigenvalue weighted by molar-refractivity contribution is 5.95. The quantitative estimate of drug-likeness (QED) is 0.926. The van der Waals surface area contributed by atoms with E-state index in [0.717, 1.165) is 24.8 Å². The van der Waals surface area contributed by atoms with Crippen molar-refractivity contribution in [1.82, 2.24) is 20.0 Å². The van der Waals surface area contributed by atoms with Crippen molar-refractivity contribution in [2.75, 3.05) is 13.1 Å². The molecular weight excluding hydrogens is 316 g/mol. The largest absolute Gasteiger partial charge is 0.351 e. The molecule has 2 bridgehead atoms. The number of nitrogens with zero attached hydrogens (tertiary/aromatic N) is 3. The maximum absolute atomic E-state index is 13.0. The molecule has 2 amide bonds. The van der Waals surface area contributed by atoms with Gasteiger partial charge in [-0.2, -0.15) is 5.10 Å². The summed E-state index contributed by atoms with van der Waals surface area (Å²) in [4.78, 5) is 27.0. The molecule has 2 aliphatic heterocycles. The van der Waals surface area contributed by atoms with Crippen LogP contribution < -0.4 is 5.32 Å². The Kier molecular flexibility index (Phi) is 4.26. The molecule has 0 saturated carbocycles. The van der Waals surface area contributed by atoms with Crippen LogP contribution in [0.5, 0.6) is 0 Å². The number of carbonyl (C=O) groups is 2. The molecule has 3 heterocycles. The molecule has 2 aliphatic rings. The van der Waals surface area contributed by atoms with Gasteiger partial charge in [-0.15, -0.1) is 0 Å². The van der Waals surface area contributed by atoms with Crippen molar-refractivity contribution in [2.45, 2.75) is 31.8 Å². The molecule has 6 nitrogen and oxygen atoms in total. The van der Waals surface area contributed by atoms with E-state index < -0.39 is 0 Å². The molecule has 0 radical (unpaired) electrons. The number of nitrogens with one attached hydrogen (secondary N) is 1. The molecule has 2 fully saturated rings. The number of benzene rings is 1. The van der Waals surface area contributed by atoms with E-state index in [1.54, 1.807) is 6.20 Å². The predicted octanol–water partition coefficient (Wildman–Crippen LogP) is 1.67. The van der Waals surface area contributed by atoms with Gasteiger partial charge in [-0.05, 0) is 36.6 Å². The lowest BCUT2D eigenvalue weighted by atomic mass is 9.98. The van der Waals surface area contributed by atoms with E-state index in [1.165, 1.54) is 0 Å². The van der Waals surface area contributed by atoms with Crippen LogP contribution in [-0.2, 0) is 11.3 Å². The fourth-order valence-electron chi connectivity index (χ4n) is 3.78. The van der Waals surface area contributed by atoms with E-state index in [9.17, 15) is 9.59 Å². The van der Waals surface area contributed by atoms with E-state index in [0.29, 0.717) is 25.2 Å². The van der Waals surface area contributed by atoms with E-state index in [1.807, 2.05) is 46.1 Å². The third-order valence-electron chi connectivity index (χ3n) is 5.07. The number of fused-ring (bicyclic) bond motifs is 3. The van der Waals surface area contributed by atoms with Crippen LogP contribution in [0.4, 0.5) is 0 Å². The maximum Gasteiger partial charge on any atom is 0.253 e. The topological polar surface area (TPSA) is 67.2 Å². The number of aromatic nitrogens is 2. The number of hydrogen-bond donors (Lipinski definition) is 1. The minimum Gasteiger partial charge on any atom is -0.351 e. The Balaban J connectivity index is 1.53. The standard InChI is InChI=1S/C19H22N4O2/c24-18-16-6-2-7-17(21-18)13-22(12-16)19(25)15-5-1-4-14(10-15)11-23-9-3-8-20-23/h1,3-5,8-10,16-17H,2,6-7,11-13H2,(H,21,24). The SMILES string of the molecule is O=C1NC2CCCC1CN(C(=O)c1cccc(Cn3cccn3)c1)C2. The molecule has 1 aromatic carbocycles. The number of likely N-dealkylation sites (tertiary alicyclic amines) is 1. The predicted molar refractivity (Wildman–Crippen MR) is 92.9 cm³/mol. The lowest BCUT2D eigenvalue weighted by molar-refractivity contribution is -0.124. The first-order chi connectivity index (χ1) is 12.2. The van der Waals surface area contributed by atoms with Crippen molar-refractivity contribution in [3.8, 4) is 0 Å². The van der Waals surface area contributed by atoms with Crippen LogP contribution in [0.15, 0.2) is 42.7 Å². The Morgan fingerprint density at radius 1 is 1.24 bits per heavy atom. The van der Waals surface area contributed by atoms with Crippen LogP contribution in [0.1, 0.15) is 35.2 Å². The Labute approximate surface area is 146 Å². The second kappa shape index (κ2) is 6.70. The first kappa shape index (κ1) is 15.9. The first-order valence-electron chi connectivity index (χ1n) is 8.85. The third kappa shape index (κ3) is 3.43. The van der Waals surface area contributed by atoms with E-state index >= 15 is 0 Å². The molecule has 130 valence electrons. The van der Waals surface area contributed by atoms with E-state index in [2.05, 4.69) is 10.4 Å². The second-order valence-corrected chi connectivity index (χ2v) is 6.95. The Hall–Kier alpha value is -2.63. The summed E-state index contributed by atoms with van der Waals surface area (Å²) in [5.41, 5.74) is 1.72. The number of amides is 2. The van der Waals surface area contributed by atoms with Gasteiger partial charge in [0.15, 0.2) is 0 Å². The number of carbonyl (C=O) groups excluding carboxylic acids is 2. The average Bonchev–Trinajstić information content (AvgIpc) is 2.97. The molecule has 1 aromatic heterocycles. The minimum atomic E-state index is -0.0799. The molecule has 2 unspecified atom stereocenters. The van der Waals surface area contributed by atoms with Crippen LogP contribution >= 0.6 is 0 Å². The van der Waals surface area contributed by atoms with Gasteiger partial charge in [0, 0.05) is 37.1 Å². The molecule has 6 heteroatoms. The normalized spacial score (nSPS) is 23.0. The van der Waals surface area contributed by atoms with Gasteiger partial charge in [-0.1, -0.05) is 18.6 Å². The maximum atomic E-state index is 13.0. The lowest BCUT2D eigenvalue weighted by Crippen LogP contribution is -2.41. The van der Waals surface area contributed by atoms with Crippen molar-refractivity contribution in [3.05, 3.63) is 53.9 Å². The second-order valence-electron chi connectivity index (χ2n) is 6.95. The Morgan fingerprint density at radius 2 is 2.16 bits per heavy atom. The summed E-state index contributed by atoms with van der Waals surface area (Å²) in [6.45, 7) is 1.76. The molecule has 2 atom stereocenters. The van der Waals surface area contributed by atoms with Gasteiger partial charge in [0.1, 0.15) is 0 Å².